The van der Waals surface area contributed by atoms with E-state index in [1.165, 1.54) is 0 Å². The molecule has 0 aliphatic carbocycles. The largest absolute Gasteiger partial charge is 0.303 e. The van der Waals surface area contributed by atoms with Gasteiger partial charge >= 0.3 is 0 Å². The van der Waals surface area contributed by atoms with E-state index in [0.29, 0.717) is 5.56 Å². The van der Waals surface area contributed by atoms with Crippen LogP contribution in [0.2, 0.25) is 0 Å². The van der Waals surface area contributed by atoms with Crippen molar-refractivity contribution in [1.82, 2.24) is 9.55 Å². The topological polar surface area (TPSA) is 17.8 Å². The van der Waals surface area contributed by atoms with Crippen LogP contribution in [-0.2, 0) is 0 Å². The summed E-state index contributed by atoms with van der Waals surface area (Å²) < 4.78 is 16.4. The van der Waals surface area contributed by atoms with Crippen LogP contribution in [0.5, 0.6) is 0 Å². The van der Waals surface area contributed by atoms with Crippen molar-refractivity contribution in [2.45, 2.75) is 20.8 Å². The smallest absolute Gasteiger partial charge is 0.144 e. The highest BCUT2D eigenvalue weighted by Gasteiger charge is 2.14. The number of aryl methyl sites for hydroxylation is 3. The number of halogens is 1. The third kappa shape index (κ3) is 2.35. The molecule has 0 aliphatic rings. The Morgan fingerprint density at radius 3 is 2.29 bits per heavy atom. The van der Waals surface area contributed by atoms with Crippen LogP contribution in [0.3, 0.4) is 0 Å². The molecule has 0 unspecified atom stereocenters. The first kappa shape index (κ1) is 13.6. The van der Waals surface area contributed by atoms with E-state index >= 15 is 0 Å². The second-order valence-corrected chi connectivity index (χ2v) is 5.31. The number of aromatic nitrogens is 2. The molecule has 0 aliphatic heterocycles. The van der Waals surface area contributed by atoms with Crippen molar-refractivity contribution in [3.05, 3.63) is 71.4 Å². The summed E-state index contributed by atoms with van der Waals surface area (Å²) in [6.45, 7) is 5.94. The molecule has 21 heavy (non-hydrogen) atoms. The van der Waals surface area contributed by atoms with E-state index in [2.05, 4.69) is 9.55 Å². The molecule has 0 atom stereocenters. The summed E-state index contributed by atoms with van der Waals surface area (Å²) in [5.74, 6) is 0.548. The van der Waals surface area contributed by atoms with Crippen molar-refractivity contribution in [3.63, 3.8) is 0 Å². The summed E-state index contributed by atoms with van der Waals surface area (Å²) in [6.07, 6.45) is 1.74. The van der Waals surface area contributed by atoms with Gasteiger partial charge in [-0.2, -0.15) is 0 Å². The van der Waals surface area contributed by atoms with E-state index in [1.54, 1.807) is 12.3 Å². The highest BCUT2D eigenvalue weighted by Crippen LogP contribution is 2.29. The monoisotopic (exact) mass is 280 g/mol. The fourth-order valence-corrected chi connectivity index (χ4v) is 2.63. The average Bonchev–Trinajstić information content (AvgIpc) is 2.78. The average molecular weight is 280 g/mol. The summed E-state index contributed by atoms with van der Waals surface area (Å²) in [7, 11) is 0. The lowest BCUT2D eigenvalue weighted by molar-refractivity contribution is 0.630. The number of hydrogen-bond acceptors (Lipinski definition) is 1. The molecule has 3 heteroatoms. The SMILES string of the molecule is Cc1ccc(-c2cccnc2-n2c(C)ccc2C)c(F)c1. The van der Waals surface area contributed by atoms with Gasteiger partial charge in [0, 0.05) is 28.7 Å². The molecule has 0 spiro atoms. The molecular weight excluding hydrogens is 263 g/mol. The normalized spacial score (nSPS) is 10.9. The number of benzene rings is 1. The van der Waals surface area contributed by atoms with Gasteiger partial charge in [0.25, 0.3) is 0 Å². The Balaban J connectivity index is 2.26. The van der Waals surface area contributed by atoms with Crippen LogP contribution in [0.15, 0.2) is 48.7 Å². The molecule has 0 N–H and O–H groups in total. The molecule has 0 radical (unpaired) electrons. The van der Waals surface area contributed by atoms with Gasteiger partial charge in [-0.3, -0.25) is 0 Å². The second-order valence-electron chi connectivity index (χ2n) is 5.31. The Bertz CT molecular complexity index is 783. The molecule has 0 amide bonds. The lowest BCUT2D eigenvalue weighted by Gasteiger charge is -2.14. The molecule has 2 heterocycles. The molecule has 2 nitrogen and oxygen atoms in total. The Labute approximate surface area is 123 Å². The molecule has 1 aromatic carbocycles. The van der Waals surface area contributed by atoms with Crippen molar-refractivity contribution in [2.24, 2.45) is 0 Å². The quantitative estimate of drug-likeness (QED) is 0.670. The number of rotatable bonds is 2. The molecule has 106 valence electrons. The Hall–Kier alpha value is -2.42. The Kier molecular flexibility index (Phi) is 3.34. The number of nitrogens with zero attached hydrogens (tertiary/aromatic N) is 2. The maximum absolute atomic E-state index is 14.3. The van der Waals surface area contributed by atoms with Crippen LogP contribution in [0.25, 0.3) is 16.9 Å². The molecule has 0 fully saturated rings. The van der Waals surface area contributed by atoms with E-state index in [-0.39, 0.29) is 5.82 Å². The molecule has 0 bridgehead atoms. The van der Waals surface area contributed by atoms with Crippen LogP contribution >= 0.6 is 0 Å². The third-order valence-electron chi connectivity index (χ3n) is 3.68. The van der Waals surface area contributed by atoms with Crippen LogP contribution in [0.1, 0.15) is 17.0 Å². The molecule has 0 saturated carbocycles. The lowest BCUT2D eigenvalue weighted by Crippen LogP contribution is -2.04. The van der Waals surface area contributed by atoms with E-state index < -0.39 is 0 Å². The van der Waals surface area contributed by atoms with Crippen molar-refractivity contribution < 1.29 is 4.39 Å². The molecule has 3 aromatic rings. The van der Waals surface area contributed by atoms with E-state index in [1.807, 2.05) is 57.2 Å². The van der Waals surface area contributed by atoms with Gasteiger partial charge in [0.15, 0.2) is 0 Å². The van der Waals surface area contributed by atoms with Gasteiger partial charge in [0.1, 0.15) is 11.6 Å². The van der Waals surface area contributed by atoms with Gasteiger partial charge < -0.3 is 4.57 Å². The predicted molar refractivity (Wildman–Crippen MR) is 83.2 cm³/mol. The Morgan fingerprint density at radius 2 is 1.62 bits per heavy atom. The van der Waals surface area contributed by atoms with Gasteiger partial charge in [-0.15, -0.1) is 0 Å². The third-order valence-corrected chi connectivity index (χ3v) is 3.68. The van der Waals surface area contributed by atoms with Crippen LogP contribution < -0.4 is 0 Å². The van der Waals surface area contributed by atoms with Crippen molar-refractivity contribution in [2.75, 3.05) is 0 Å². The number of hydrogen-bond donors (Lipinski definition) is 0. The van der Waals surface area contributed by atoms with E-state index in [0.717, 1.165) is 28.3 Å². The van der Waals surface area contributed by atoms with Gasteiger partial charge in [-0.05, 0) is 56.7 Å². The highest BCUT2D eigenvalue weighted by atomic mass is 19.1. The summed E-state index contributed by atoms with van der Waals surface area (Å²) in [5.41, 5.74) is 4.46. The van der Waals surface area contributed by atoms with E-state index in [9.17, 15) is 4.39 Å². The van der Waals surface area contributed by atoms with Gasteiger partial charge in [0.05, 0.1) is 0 Å². The van der Waals surface area contributed by atoms with Gasteiger partial charge in [-0.25, -0.2) is 9.37 Å². The fraction of sp³-hybridized carbons (Fsp3) is 0.167. The zero-order chi connectivity index (χ0) is 15.0. The molecule has 3 rings (SSSR count). The summed E-state index contributed by atoms with van der Waals surface area (Å²) >= 11 is 0. The summed E-state index contributed by atoms with van der Waals surface area (Å²) in [5, 5.41) is 0. The van der Waals surface area contributed by atoms with Crippen LogP contribution in [0.4, 0.5) is 4.39 Å². The van der Waals surface area contributed by atoms with Gasteiger partial charge in [0.2, 0.25) is 0 Å². The molecular formula is C18H17FN2. The Morgan fingerprint density at radius 1 is 0.905 bits per heavy atom. The van der Waals surface area contributed by atoms with Gasteiger partial charge in [-0.1, -0.05) is 12.1 Å². The molecule has 0 saturated heterocycles. The maximum atomic E-state index is 14.3. The van der Waals surface area contributed by atoms with E-state index in [4.69, 9.17) is 0 Å². The molecule has 2 aromatic heterocycles. The highest BCUT2D eigenvalue weighted by molar-refractivity contribution is 5.72. The second kappa shape index (κ2) is 5.17. The maximum Gasteiger partial charge on any atom is 0.144 e. The first-order valence-electron chi connectivity index (χ1n) is 6.95. The van der Waals surface area contributed by atoms with Crippen molar-refractivity contribution >= 4 is 0 Å². The minimum Gasteiger partial charge on any atom is -0.303 e. The summed E-state index contributed by atoms with van der Waals surface area (Å²) in [6, 6.07) is 13.1. The predicted octanol–water partition coefficient (Wildman–Crippen LogP) is 4.60. The zero-order valence-corrected chi connectivity index (χ0v) is 12.4. The lowest BCUT2D eigenvalue weighted by atomic mass is 10.0. The first-order chi connectivity index (χ1) is 10.1. The minimum atomic E-state index is -0.216. The minimum absolute atomic E-state index is 0.216. The standard InChI is InChI=1S/C18H17FN2/c1-12-6-9-15(17(19)11-12)16-5-4-10-20-18(16)21-13(2)7-8-14(21)3/h4-11H,1-3H3. The fourth-order valence-electron chi connectivity index (χ4n) is 2.63. The van der Waals surface area contributed by atoms with Crippen molar-refractivity contribution in [3.8, 4) is 16.9 Å². The number of pyridine rings is 1. The van der Waals surface area contributed by atoms with Crippen LogP contribution in [0, 0.1) is 26.6 Å². The summed E-state index contributed by atoms with van der Waals surface area (Å²) in [4.78, 5) is 4.48. The van der Waals surface area contributed by atoms with Crippen molar-refractivity contribution in [1.29, 1.82) is 0 Å². The zero-order valence-electron chi connectivity index (χ0n) is 12.4. The first-order valence-corrected chi connectivity index (χ1v) is 6.95. The van der Waals surface area contributed by atoms with Crippen LogP contribution in [-0.4, -0.2) is 9.55 Å².